The van der Waals surface area contributed by atoms with Gasteiger partial charge in [0.1, 0.15) is 0 Å². The van der Waals surface area contributed by atoms with E-state index >= 15 is 0 Å². The largest absolute Gasteiger partial charge is 0.478 e. The Morgan fingerprint density at radius 1 is 1.18 bits per heavy atom. The van der Waals surface area contributed by atoms with E-state index in [-0.39, 0.29) is 13.4 Å². The first kappa shape index (κ1) is 26.4. The predicted octanol–water partition coefficient (Wildman–Crippen LogP) is 6.37. The molecule has 1 N–H and O–H groups in total. The maximum atomic E-state index is 11.2. The van der Waals surface area contributed by atoms with Crippen molar-refractivity contribution in [3.8, 4) is 12.1 Å². The van der Waals surface area contributed by atoms with Gasteiger partial charge in [0.05, 0.1) is 42.2 Å². The number of carbonyl (C=O) groups is 2. The summed E-state index contributed by atoms with van der Waals surface area (Å²) in [7, 11) is 1.32. The Hall–Kier alpha value is -2.87. The van der Waals surface area contributed by atoms with Crippen LogP contribution in [0.3, 0.4) is 0 Å². The standard InChI is InChI=1S/C12H11NO2.C10H9NO2.C3H6BrCl.2H2/c13-8-12(6-3-7-12)10-5-2-1-4-9(10)11(14)15;1-13-10(12)9-5-3-2-4-8(9)6-7-11;4-2-1-3-5;;/h1-2,4-5H,3,6-7H2,(H,14,15);2-5H,6H2,1H3;1-3H2;2*1H/i;;;1+2T;1+2. The smallest absolute Gasteiger partial charge is 0.338 e. The van der Waals surface area contributed by atoms with Crippen molar-refractivity contribution in [3.63, 3.8) is 0 Å². The molecule has 0 heterocycles. The zero-order valence-electron chi connectivity index (χ0n) is 20.4. The molecule has 178 valence electrons. The maximum Gasteiger partial charge on any atom is 0.338 e. The zero-order valence-corrected chi connectivity index (χ0v) is 20.7. The molecule has 33 heavy (non-hydrogen) atoms. The van der Waals surface area contributed by atoms with Crippen molar-refractivity contribution in [3.05, 3.63) is 70.8 Å². The Bertz CT molecular complexity index is 1020. The summed E-state index contributed by atoms with van der Waals surface area (Å²) in [5, 5.41) is 27.7. The SMILES string of the molecule is COC(=O)c1ccccc1CC#N.ClCCCBr.N#CC1(c2ccccc2C(=O)O)CCC1.[3HH].[3H][3H]. The first-order valence-electron chi connectivity index (χ1n) is 11.3. The molecule has 0 amide bonds. The quantitative estimate of drug-likeness (QED) is 0.335. The second-order valence-electron chi connectivity index (χ2n) is 7.11. The van der Waals surface area contributed by atoms with Crippen LogP contribution in [0.25, 0.3) is 0 Å². The first-order valence-corrected chi connectivity index (χ1v) is 12.0. The molecular formula is C25H30BrClN2O4. The van der Waals surface area contributed by atoms with E-state index in [0.29, 0.717) is 16.7 Å². The van der Waals surface area contributed by atoms with Crippen molar-refractivity contribution in [2.24, 2.45) is 0 Å². The Kier molecular flexibility index (Phi) is 12.0. The van der Waals surface area contributed by atoms with Crippen LogP contribution >= 0.6 is 27.5 Å². The molecule has 2 aromatic carbocycles. The molecule has 0 bridgehead atoms. The maximum absolute atomic E-state index is 11.2. The van der Waals surface area contributed by atoms with Crippen LogP contribution in [0.1, 0.15) is 61.9 Å². The van der Waals surface area contributed by atoms with Gasteiger partial charge in [-0.25, -0.2) is 9.59 Å². The lowest BCUT2D eigenvalue weighted by molar-refractivity contribution is 0.0598. The molecule has 1 aliphatic carbocycles. The summed E-state index contributed by atoms with van der Waals surface area (Å²) < 4.78 is 14.6. The van der Waals surface area contributed by atoms with E-state index in [9.17, 15) is 9.59 Å². The van der Waals surface area contributed by atoms with Crippen LogP contribution in [0.4, 0.5) is 0 Å². The topological polar surface area (TPSA) is 111 Å². The highest BCUT2D eigenvalue weighted by atomic mass is 79.9. The average molecular weight is 544 g/mol. The summed E-state index contributed by atoms with van der Waals surface area (Å²) in [5.41, 5.74) is 1.56. The molecule has 3 rings (SSSR count). The molecule has 1 fully saturated rings. The minimum Gasteiger partial charge on any atom is -0.478 e. The number of esters is 1. The van der Waals surface area contributed by atoms with E-state index in [1.54, 1.807) is 48.5 Å². The number of aromatic carboxylic acids is 1. The summed E-state index contributed by atoms with van der Waals surface area (Å²) in [6, 6.07) is 18.0. The van der Waals surface area contributed by atoms with Crippen molar-refractivity contribution in [1.29, 1.82) is 10.5 Å². The third-order valence-electron chi connectivity index (χ3n) is 5.05. The summed E-state index contributed by atoms with van der Waals surface area (Å²) in [5.74, 6) is -0.580. The van der Waals surface area contributed by atoms with Gasteiger partial charge >= 0.3 is 11.9 Å². The lowest BCUT2D eigenvalue weighted by Gasteiger charge is -2.36. The van der Waals surface area contributed by atoms with Gasteiger partial charge in [-0.3, -0.25) is 0 Å². The van der Waals surface area contributed by atoms with Crippen molar-refractivity contribution < 1.29 is 23.8 Å². The molecule has 0 aliphatic heterocycles. The fourth-order valence-electron chi connectivity index (χ4n) is 3.18. The molecule has 1 aliphatic rings. The number of carbonyl (C=O) groups excluding carboxylic acids is 1. The molecule has 0 aromatic heterocycles. The van der Waals surface area contributed by atoms with Crippen molar-refractivity contribution in [2.75, 3.05) is 18.3 Å². The van der Waals surface area contributed by atoms with Gasteiger partial charge in [-0.1, -0.05) is 52.3 Å². The highest BCUT2D eigenvalue weighted by Crippen LogP contribution is 2.44. The van der Waals surface area contributed by atoms with Crippen LogP contribution in [-0.2, 0) is 16.6 Å². The zero-order chi connectivity index (χ0) is 26.7. The number of hydrogen-bond acceptors (Lipinski definition) is 5. The lowest BCUT2D eigenvalue weighted by Crippen LogP contribution is -2.34. The number of rotatable bonds is 6. The van der Waals surface area contributed by atoms with Crippen LogP contribution in [0.15, 0.2) is 48.5 Å². The van der Waals surface area contributed by atoms with E-state index in [0.717, 1.165) is 36.9 Å². The molecule has 0 spiro atoms. The van der Waals surface area contributed by atoms with Gasteiger partial charge in [0.25, 0.3) is 0 Å². The first-order chi connectivity index (χ1) is 16.9. The molecular weight excluding hydrogens is 508 g/mol. The van der Waals surface area contributed by atoms with Crippen LogP contribution in [-0.4, -0.2) is 35.4 Å². The fourth-order valence-corrected chi connectivity index (χ4v) is 3.91. The Morgan fingerprint density at radius 2 is 1.79 bits per heavy atom. The highest BCUT2D eigenvalue weighted by Gasteiger charge is 2.41. The van der Waals surface area contributed by atoms with Gasteiger partial charge < -0.3 is 9.84 Å². The minimum absolute atomic E-state index is 0. The Balaban J connectivity index is 0. The van der Waals surface area contributed by atoms with E-state index in [4.69, 9.17) is 30.2 Å². The third kappa shape index (κ3) is 8.20. The minimum atomic E-state index is -0.952. The number of alkyl halides is 2. The average Bonchev–Trinajstić information content (AvgIpc) is 2.86. The number of nitriles is 2. The van der Waals surface area contributed by atoms with Crippen LogP contribution in [0, 0.1) is 22.7 Å². The molecule has 0 saturated heterocycles. The predicted molar refractivity (Wildman–Crippen MR) is 135 cm³/mol. The molecule has 0 atom stereocenters. The van der Waals surface area contributed by atoms with E-state index < -0.39 is 17.4 Å². The fraction of sp³-hybridized carbons (Fsp3) is 0.360. The van der Waals surface area contributed by atoms with Gasteiger partial charge in [-0.2, -0.15) is 10.5 Å². The van der Waals surface area contributed by atoms with E-state index in [1.165, 1.54) is 7.11 Å². The van der Waals surface area contributed by atoms with Crippen molar-refractivity contribution in [1.82, 2.24) is 0 Å². The molecule has 6 nitrogen and oxygen atoms in total. The van der Waals surface area contributed by atoms with Crippen LogP contribution in [0.5, 0.6) is 0 Å². The Labute approximate surface area is 212 Å². The summed E-state index contributed by atoms with van der Waals surface area (Å²) in [6.45, 7) is 0. The summed E-state index contributed by atoms with van der Waals surface area (Å²) in [4.78, 5) is 22.2. The van der Waals surface area contributed by atoms with E-state index in [2.05, 4.69) is 26.7 Å². The Morgan fingerprint density at radius 3 is 2.21 bits per heavy atom. The molecule has 1 saturated carbocycles. The number of carboxylic acids is 1. The summed E-state index contributed by atoms with van der Waals surface area (Å²) in [6.07, 6.45) is 3.84. The molecule has 0 radical (unpaired) electrons. The highest BCUT2D eigenvalue weighted by molar-refractivity contribution is 9.09. The van der Waals surface area contributed by atoms with Gasteiger partial charge in [0.15, 0.2) is 0 Å². The second kappa shape index (κ2) is 15.1. The van der Waals surface area contributed by atoms with Gasteiger partial charge in [-0.05, 0) is 48.9 Å². The number of nitrogens with zero attached hydrogens (tertiary/aromatic N) is 2. The number of hydrogen-bond donors (Lipinski definition) is 1. The molecule has 8 heteroatoms. The van der Waals surface area contributed by atoms with Gasteiger partial charge in [0, 0.05) is 15.6 Å². The monoisotopic (exact) mass is 542 g/mol. The number of halogens is 2. The van der Waals surface area contributed by atoms with Gasteiger partial charge in [0.2, 0.25) is 0 Å². The number of ether oxygens (including phenoxy) is 1. The van der Waals surface area contributed by atoms with Crippen molar-refractivity contribution in [2.45, 2.75) is 37.5 Å². The normalized spacial score (nSPS) is 13.0. The molecule has 0 unspecified atom stereocenters. The number of benzene rings is 2. The van der Waals surface area contributed by atoms with Crippen molar-refractivity contribution >= 4 is 39.5 Å². The lowest BCUT2D eigenvalue weighted by atomic mass is 9.64. The van der Waals surface area contributed by atoms with E-state index in [1.807, 2.05) is 6.07 Å². The second-order valence-corrected chi connectivity index (χ2v) is 8.28. The van der Waals surface area contributed by atoms with Crippen LogP contribution in [0.2, 0.25) is 0 Å². The number of carboxylic acid groups (broad SMARTS) is 1. The van der Waals surface area contributed by atoms with Gasteiger partial charge in [-0.15, -0.1) is 11.6 Å². The third-order valence-corrected chi connectivity index (χ3v) is 5.88. The number of methoxy groups -OCH3 is 1. The van der Waals surface area contributed by atoms with Crippen LogP contribution < -0.4 is 0 Å². The molecule has 2 aromatic rings. The summed E-state index contributed by atoms with van der Waals surface area (Å²) >= 11 is 8.50.